The second-order valence-corrected chi connectivity index (χ2v) is 10.7. The number of hydrogen-bond donors (Lipinski definition) is 3. The number of carbonyl (C=O) groups excluding carboxylic acids is 1. The number of carboxylic acids is 2. The number of aliphatic carboxylic acids is 2. The van der Waals surface area contributed by atoms with Crippen molar-refractivity contribution < 1.29 is 38.5 Å². The highest BCUT2D eigenvalue weighted by Crippen LogP contribution is 2.18. The third-order valence-corrected chi connectivity index (χ3v) is 7.24. The SMILES string of the molecule is O=C(O)COC(C(=O)O)C(OCCCCCc1ccc2ccccc2c1)C(=O)NCCCCCCCc1ccc(F)cc1. The van der Waals surface area contributed by atoms with Crippen molar-refractivity contribution in [2.45, 2.75) is 76.4 Å². The van der Waals surface area contributed by atoms with Crippen molar-refractivity contribution in [1.82, 2.24) is 5.32 Å². The summed E-state index contributed by atoms with van der Waals surface area (Å²) in [5, 5.41) is 23.7. The summed E-state index contributed by atoms with van der Waals surface area (Å²) in [5.41, 5.74) is 2.33. The second kappa shape index (κ2) is 18.7. The summed E-state index contributed by atoms with van der Waals surface area (Å²) < 4.78 is 23.7. The topological polar surface area (TPSA) is 122 Å². The molecule has 232 valence electrons. The molecule has 3 N–H and O–H groups in total. The minimum absolute atomic E-state index is 0.143. The zero-order chi connectivity index (χ0) is 30.9. The Morgan fingerprint density at radius 1 is 0.698 bits per heavy atom. The Kier molecular flexibility index (Phi) is 14.6. The van der Waals surface area contributed by atoms with Gasteiger partial charge >= 0.3 is 11.9 Å². The van der Waals surface area contributed by atoms with Crippen LogP contribution in [0.3, 0.4) is 0 Å². The molecule has 0 heterocycles. The van der Waals surface area contributed by atoms with Crippen LogP contribution in [0.2, 0.25) is 0 Å². The molecule has 43 heavy (non-hydrogen) atoms. The summed E-state index contributed by atoms with van der Waals surface area (Å²) in [6.45, 7) is -0.370. The molecule has 3 rings (SSSR count). The molecule has 0 aliphatic heterocycles. The largest absolute Gasteiger partial charge is 0.480 e. The van der Waals surface area contributed by atoms with E-state index in [9.17, 15) is 23.9 Å². The van der Waals surface area contributed by atoms with Gasteiger partial charge in [0.05, 0.1) is 0 Å². The molecular formula is C34H42FNO7. The van der Waals surface area contributed by atoms with Crippen molar-refractivity contribution in [2.75, 3.05) is 19.8 Å². The van der Waals surface area contributed by atoms with Crippen LogP contribution in [-0.2, 0) is 36.7 Å². The quantitative estimate of drug-likeness (QED) is 0.130. The lowest BCUT2D eigenvalue weighted by atomic mass is 10.0. The van der Waals surface area contributed by atoms with Gasteiger partial charge in [0, 0.05) is 13.2 Å². The van der Waals surface area contributed by atoms with Crippen LogP contribution in [0.25, 0.3) is 10.8 Å². The van der Waals surface area contributed by atoms with Crippen LogP contribution in [0.1, 0.15) is 62.5 Å². The van der Waals surface area contributed by atoms with Crippen molar-refractivity contribution in [2.24, 2.45) is 0 Å². The Balaban J connectivity index is 1.38. The molecule has 3 aromatic carbocycles. The van der Waals surface area contributed by atoms with E-state index in [0.29, 0.717) is 19.4 Å². The molecule has 9 heteroatoms. The molecule has 0 radical (unpaired) electrons. The maximum absolute atomic E-state index is 13.0. The number of aryl methyl sites for hydroxylation is 2. The molecule has 0 aromatic heterocycles. The fourth-order valence-electron chi connectivity index (χ4n) is 4.91. The van der Waals surface area contributed by atoms with E-state index in [1.807, 2.05) is 12.1 Å². The van der Waals surface area contributed by atoms with Gasteiger partial charge in [-0.05, 0) is 72.6 Å². The van der Waals surface area contributed by atoms with Crippen LogP contribution in [0, 0.1) is 5.82 Å². The minimum atomic E-state index is -1.74. The molecular weight excluding hydrogens is 553 g/mol. The fraction of sp³-hybridized carbons (Fsp3) is 0.441. The summed E-state index contributed by atoms with van der Waals surface area (Å²) in [6.07, 6.45) is 5.44. The molecule has 0 aliphatic rings. The van der Waals surface area contributed by atoms with Gasteiger partial charge in [0.15, 0.2) is 12.2 Å². The zero-order valence-corrected chi connectivity index (χ0v) is 24.5. The van der Waals surface area contributed by atoms with E-state index in [4.69, 9.17) is 14.6 Å². The Morgan fingerprint density at radius 2 is 1.33 bits per heavy atom. The number of rotatable bonds is 21. The fourth-order valence-corrected chi connectivity index (χ4v) is 4.91. The predicted molar refractivity (Wildman–Crippen MR) is 162 cm³/mol. The van der Waals surface area contributed by atoms with Gasteiger partial charge in [0.25, 0.3) is 5.91 Å². The van der Waals surface area contributed by atoms with Crippen LogP contribution in [0.4, 0.5) is 4.39 Å². The summed E-state index contributed by atoms with van der Waals surface area (Å²) in [6, 6.07) is 21.1. The van der Waals surface area contributed by atoms with Crippen molar-refractivity contribution in [3.8, 4) is 0 Å². The first-order chi connectivity index (χ1) is 20.8. The lowest BCUT2D eigenvalue weighted by Gasteiger charge is -2.23. The van der Waals surface area contributed by atoms with Crippen molar-refractivity contribution in [3.63, 3.8) is 0 Å². The molecule has 0 saturated carbocycles. The van der Waals surface area contributed by atoms with Crippen LogP contribution >= 0.6 is 0 Å². The lowest BCUT2D eigenvalue weighted by molar-refractivity contribution is -0.172. The normalized spacial score (nSPS) is 12.6. The van der Waals surface area contributed by atoms with Gasteiger partial charge in [0.1, 0.15) is 12.4 Å². The van der Waals surface area contributed by atoms with Gasteiger partial charge in [0.2, 0.25) is 0 Å². The summed E-state index contributed by atoms with van der Waals surface area (Å²) in [5.74, 6) is -3.67. The first-order valence-electron chi connectivity index (χ1n) is 15.0. The Labute approximate surface area is 252 Å². The summed E-state index contributed by atoms with van der Waals surface area (Å²) in [4.78, 5) is 35.7. The average molecular weight is 596 g/mol. The summed E-state index contributed by atoms with van der Waals surface area (Å²) >= 11 is 0. The molecule has 3 aromatic rings. The number of carbonyl (C=O) groups is 3. The number of amides is 1. The Bertz CT molecular complexity index is 1300. The highest BCUT2D eigenvalue weighted by molar-refractivity contribution is 5.88. The average Bonchev–Trinajstić information content (AvgIpc) is 2.99. The van der Waals surface area contributed by atoms with Crippen LogP contribution in [0.15, 0.2) is 66.7 Å². The molecule has 0 fully saturated rings. The van der Waals surface area contributed by atoms with E-state index in [1.165, 1.54) is 28.5 Å². The van der Waals surface area contributed by atoms with Gasteiger partial charge in [-0.25, -0.2) is 14.0 Å². The van der Waals surface area contributed by atoms with Gasteiger partial charge in [-0.2, -0.15) is 0 Å². The van der Waals surface area contributed by atoms with E-state index in [1.54, 1.807) is 12.1 Å². The second-order valence-electron chi connectivity index (χ2n) is 10.7. The summed E-state index contributed by atoms with van der Waals surface area (Å²) in [7, 11) is 0. The van der Waals surface area contributed by atoms with Crippen LogP contribution < -0.4 is 5.32 Å². The first-order valence-corrected chi connectivity index (χ1v) is 15.0. The number of carboxylic acid groups (broad SMARTS) is 2. The van der Waals surface area contributed by atoms with Crippen molar-refractivity contribution in [1.29, 1.82) is 0 Å². The molecule has 8 nitrogen and oxygen atoms in total. The van der Waals surface area contributed by atoms with Crippen LogP contribution in [0.5, 0.6) is 0 Å². The minimum Gasteiger partial charge on any atom is -0.480 e. The van der Waals surface area contributed by atoms with Crippen molar-refractivity contribution in [3.05, 3.63) is 83.7 Å². The number of nitrogens with one attached hydrogen (secondary N) is 1. The monoisotopic (exact) mass is 595 g/mol. The van der Waals surface area contributed by atoms with Gasteiger partial charge < -0.3 is 25.0 Å². The molecule has 0 saturated heterocycles. The number of benzene rings is 3. The highest BCUT2D eigenvalue weighted by Gasteiger charge is 2.36. The first kappa shape index (κ1) is 33.7. The predicted octanol–water partition coefficient (Wildman–Crippen LogP) is 5.94. The van der Waals surface area contributed by atoms with Crippen LogP contribution in [-0.4, -0.2) is 60.0 Å². The number of ether oxygens (including phenoxy) is 2. The Hall–Kier alpha value is -3.82. The van der Waals surface area contributed by atoms with Gasteiger partial charge in [-0.1, -0.05) is 80.3 Å². The maximum atomic E-state index is 13.0. The van der Waals surface area contributed by atoms with Crippen molar-refractivity contribution >= 4 is 28.6 Å². The standard InChI is InChI=1S/C34H42FNO7/c35-29-19-16-25(17-20-29)11-5-2-1-3-9-21-36-33(39)31(32(34(40)41)43-24-30(37)38)42-22-10-4-6-12-26-15-18-27-13-7-8-14-28(27)23-26/h7-8,13-20,23,31-32H,1-6,9-12,21-22,24H2,(H,36,39)(H,37,38)(H,40,41). The molecule has 0 aliphatic carbocycles. The van der Waals surface area contributed by atoms with E-state index in [0.717, 1.165) is 56.9 Å². The van der Waals surface area contributed by atoms with E-state index in [-0.39, 0.29) is 12.4 Å². The van der Waals surface area contributed by atoms with E-state index < -0.39 is 36.7 Å². The number of halogens is 1. The molecule has 0 bridgehead atoms. The van der Waals surface area contributed by atoms with Gasteiger partial charge in [-0.3, -0.25) is 4.79 Å². The molecule has 1 amide bonds. The lowest BCUT2D eigenvalue weighted by Crippen LogP contribution is -2.49. The van der Waals surface area contributed by atoms with E-state index >= 15 is 0 Å². The molecule has 0 spiro atoms. The number of hydrogen-bond acceptors (Lipinski definition) is 5. The number of fused-ring (bicyclic) bond motifs is 1. The molecule has 2 atom stereocenters. The van der Waals surface area contributed by atoms with Gasteiger partial charge in [-0.15, -0.1) is 0 Å². The maximum Gasteiger partial charge on any atom is 0.336 e. The zero-order valence-electron chi connectivity index (χ0n) is 24.5. The number of unbranched alkanes of at least 4 members (excludes halogenated alkanes) is 6. The third-order valence-electron chi connectivity index (χ3n) is 7.24. The highest BCUT2D eigenvalue weighted by atomic mass is 19.1. The molecule has 2 unspecified atom stereocenters. The van der Waals surface area contributed by atoms with E-state index in [2.05, 4.69) is 35.6 Å². The smallest absolute Gasteiger partial charge is 0.336 e. The Morgan fingerprint density at radius 3 is 2.05 bits per heavy atom. The third kappa shape index (κ3) is 12.5.